The summed E-state index contributed by atoms with van der Waals surface area (Å²) in [4.78, 5) is 2.75. The van der Waals surface area contributed by atoms with Gasteiger partial charge < -0.3 is 15.2 Å². The molecule has 0 aromatic carbocycles. The molecule has 3 nitrogen and oxygen atoms in total. The molecule has 0 amide bonds. The Balaban J connectivity index is 1.82. The number of aryl methyl sites for hydroxylation is 1. The minimum atomic E-state index is -0.354. The Bertz CT molecular complexity index is 340. The van der Waals surface area contributed by atoms with E-state index in [4.69, 9.17) is 4.74 Å². The van der Waals surface area contributed by atoms with Crippen molar-refractivity contribution < 1.29 is 9.84 Å². The number of aliphatic hydroxyl groups excluding tert-OH is 1. The second-order valence-corrected chi connectivity index (χ2v) is 5.87. The van der Waals surface area contributed by atoms with Crippen LogP contribution in [-0.2, 0) is 11.2 Å². The largest absolute Gasteiger partial charge is 0.389 e. The van der Waals surface area contributed by atoms with Crippen molar-refractivity contribution in [3.05, 3.63) is 21.9 Å². The van der Waals surface area contributed by atoms with Gasteiger partial charge in [0.05, 0.1) is 25.4 Å². The van der Waals surface area contributed by atoms with E-state index in [0.717, 1.165) is 6.42 Å². The van der Waals surface area contributed by atoms with Gasteiger partial charge in [-0.05, 0) is 32.4 Å². The highest BCUT2D eigenvalue weighted by Crippen LogP contribution is 2.17. The van der Waals surface area contributed by atoms with E-state index >= 15 is 0 Å². The fraction of sp³-hybridized carbons (Fsp3) is 0.667. The molecule has 1 aromatic heterocycles. The summed E-state index contributed by atoms with van der Waals surface area (Å²) in [7, 11) is 0. The maximum absolute atomic E-state index is 9.62. The highest BCUT2D eigenvalue weighted by Gasteiger charge is 2.26. The molecule has 0 aliphatic carbocycles. The van der Waals surface area contributed by atoms with Crippen LogP contribution in [0.3, 0.4) is 0 Å². The number of hydrogen-bond donors (Lipinski definition) is 2. The predicted octanol–water partition coefficient (Wildman–Crippen LogP) is 1.34. The molecule has 2 heterocycles. The summed E-state index contributed by atoms with van der Waals surface area (Å²) in [5.41, 5.74) is 0. The van der Waals surface area contributed by atoms with Gasteiger partial charge in [-0.2, -0.15) is 0 Å². The average Bonchev–Trinajstić information content (AvgIpc) is 2.77. The Morgan fingerprint density at radius 3 is 2.94 bits per heavy atom. The Morgan fingerprint density at radius 2 is 2.38 bits per heavy atom. The van der Waals surface area contributed by atoms with Crippen molar-refractivity contribution in [2.24, 2.45) is 0 Å². The van der Waals surface area contributed by atoms with Crippen LogP contribution in [0, 0.1) is 6.92 Å². The van der Waals surface area contributed by atoms with Gasteiger partial charge in [-0.1, -0.05) is 0 Å². The monoisotopic (exact) mass is 241 g/mol. The second-order valence-electron chi connectivity index (χ2n) is 4.50. The third-order valence-electron chi connectivity index (χ3n) is 2.85. The van der Waals surface area contributed by atoms with Crippen LogP contribution >= 0.6 is 11.3 Å². The zero-order valence-corrected chi connectivity index (χ0v) is 10.6. The first-order valence-electron chi connectivity index (χ1n) is 5.72. The predicted molar refractivity (Wildman–Crippen MR) is 66.0 cm³/mol. The highest BCUT2D eigenvalue weighted by atomic mass is 32.1. The fourth-order valence-electron chi connectivity index (χ4n) is 2.02. The third kappa shape index (κ3) is 3.04. The van der Waals surface area contributed by atoms with Crippen LogP contribution < -0.4 is 5.32 Å². The Kier molecular flexibility index (Phi) is 3.97. The Morgan fingerprint density at radius 1 is 1.56 bits per heavy atom. The van der Waals surface area contributed by atoms with Gasteiger partial charge in [0.1, 0.15) is 0 Å². The Hall–Kier alpha value is -0.420. The molecular formula is C12H19NO2S. The number of nitrogens with one attached hydrogen (secondary N) is 1. The van der Waals surface area contributed by atoms with Gasteiger partial charge in [-0.3, -0.25) is 0 Å². The molecule has 4 heteroatoms. The summed E-state index contributed by atoms with van der Waals surface area (Å²) < 4.78 is 5.21. The normalized spacial score (nSPS) is 27.2. The first-order valence-corrected chi connectivity index (χ1v) is 6.54. The van der Waals surface area contributed by atoms with Gasteiger partial charge in [0.25, 0.3) is 0 Å². The molecule has 90 valence electrons. The maximum Gasteiger partial charge on any atom is 0.0948 e. The summed E-state index contributed by atoms with van der Waals surface area (Å²) in [6.07, 6.45) is 0.661. The molecule has 2 rings (SSSR count). The molecule has 3 atom stereocenters. The molecule has 1 aliphatic rings. The molecule has 0 bridgehead atoms. The molecule has 2 N–H and O–H groups in total. The Labute approximate surface area is 100 Å². The summed E-state index contributed by atoms with van der Waals surface area (Å²) in [5, 5.41) is 13.0. The minimum absolute atomic E-state index is 0.0936. The maximum atomic E-state index is 9.62. The molecule has 16 heavy (non-hydrogen) atoms. The zero-order chi connectivity index (χ0) is 11.5. The van der Waals surface area contributed by atoms with E-state index in [2.05, 4.69) is 31.3 Å². The molecule has 1 aromatic rings. The molecule has 0 radical (unpaired) electrons. The average molecular weight is 241 g/mol. The van der Waals surface area contributed by atoms with Crippen LogP contribution in [-0.4, -0.2) is 36.5 Å². The molecule has 3 unspecified atom stereocenters. The molecule has 1 fully saturated rings. The number of thiophene rings is 1. The van der Waals surface area contributed by atoms with E-state index in [1.165, 1.54) is 9.75 Å². The molecule has 1 aliphatic heterocycles. The first-order chi connectivity index (χ1) is 7.65. The second kappa shape index (κ2) is 5.27. The lowest BCUT2D eigenvalue weighted by Gasteiger charge is -2.20. The molecule has 0 saturated carbocycles. The smallest absolute Gasteiger partial charge is 0.0948 e. The molecule has 1 saturated heterocycles. The van der Waals surface area contributed by atoms with Gasteiger partial charge >= 0.3 is 0 Å². The van der Waals surface area contributed by atoms with E-state index in [0.29, 0.717) is 19.3 Å². The molecule has 0 spiro atoms. The van der Waals surface area contributed by atoms with E-state index in [9.17, 15) is 5.11 Å². The standard InChI is InChI=1S/C12H19NO2S/c1-8(5-10-4-3-9(2)16-10)13-11-6-15-7-12(11)14/h3-4,8,11-14H,5-7H2,1-2H3. The van der Waals surface area contributed by atoms with Crippen molar-refractivity contribution in [1.29, 1.82) is 0 Å². The number of rotatable bonds is 4. The third-order valence-corrected chi connectivity index (χ3v) is 3.88. The zero-order valence-electron chi connectivity index (χ0n) is 9.77. The van der Waals surface area contributed by atoms with Gasteiger partial charge in [-0.15, -0.1) is 11.3 Å². The topological polar surface area (TPSA) is 41.5 Å². The first kappa shape index (κ1) is 12.0. The van der Waals surface area contributed by atoms with E-state index in [-0.39, 0.29) is 12.1 Å². The van der Waals surface area contributed by atoms with E-state index in [1.54, 1.807) is 0 Å². The van der Waals surface area contributed by atoms with Crippen molar-refractivity contribution in [3.8, 4) is 0 Å². The minimum Gasteiger partial charge on any atom is -0.389 e. The SMILES string of the molecule is Cc1ccc(CC(C)NC2COCC2O)s1. The van der Waals surface area contributed by atoms with Crippen molar-refractivity contribution in [2.75, 3.05) is 13.2 Å². The fourth-order valence-corrected chi connectivity index (χ4v) is 3.04. The van der Waals surface area contributed by atoms with Crippen molar-refractivity contribution >= 4 is 11.3 Å². The summed E-state index contributed by atoms with van der Waals surface area (Å²) in [6.45, 7) is 5.36. The lowest BCUT2D eigenvalue weighted by Crippen LogP contribution is -2.44. The lowest BCUT2D eigenvalue weighted by molar-refractivity contribution is 0.121. The number of aliphatic hydroxyl groups is 1. The summed E-state index contributed by atoms with van der Waals surface area (Å²) in [5.74, 6) is 0. The summed E-state index contributed by atoms with van der Waals surface area (Å²) >= 11 is 1.84. The van der Waals surface area contributed by atoms with Gasteiger partial charge in [0.2, 0.25) is 0 Å². The lowest BCUT2D eigenvalue weighted by atomic mass is 10.1. The van der Waals surface area contributed by atoms with Crippen molar-refractivity contribution in [1.82, 2.24) is 5.32 Å². The molecular weight excluding hydrogens is 222 g/mol. The van der Waals surface area contributed by atoms with Gasteiger partial charge in [0, 0.05) is 15.8 Å². The van der Waals surface area contributed by atoms with Gasteiger partial charge in [-0.25, -0.2) is 0 Å². The highest BCUT2D eigenvalue weighted by molar-refractivity contribution is 7.11. The number of hydrogen-bond acceptors (Lipinski definition) is 4. The van der Waals surface area contributed by atoms with Crippen LogP contribution in [0.25, 0.3) is 0 Å². The van der Waals surface area contributed by atoms with Crippen molar-refractivity contribution in [3.63, 3.8) is 0 Å². The van der Waals surface area contributed by atoms with Crippen molar-refractivity contribution in [2.45, 2.75) is 38.5 Å². The number of ether oxygens (including phenoxy) is 1. The van der Waals surface area contributed by atoms with Crippen LogP contribution in [0.1, 0.15) is 16.7 Å². The van der Waals surface area contributed by atoms with Crippen LogP contribution in [0.2, 0.25) is 0 Å². The van der Waals surface area contributed by atoms with Crippen LogP contribution in [0.15, 0.2) is 12.1 Å². The quantitative estimate of drug-likeness (QED) is 0.836. The van der Waals surface area contributed by atoms with Crippen LogP contribution in [0.4, 0.5) is 0 Å². The van der Waals surface area contributed by atoms with E-state index < -0.39 is 0 Å². The van der Waals surface area contributed by atoms with Gasteiger partial charge in [0.15, 0.2) is 0 Å². The van der Waals surface area contributed by atoms with E-state index in [1.807, 2.05) is 11.3 Å². The van der Waals surface area contributed by atoms with Crippen LogP contribution in [0.5, 0.6) is 0 Å². The summed E-state index contributed by atoms with van der Waals surface area (Å²) in [6, 6.07) is 4.80.